The van der Waals surface area contributed by atoms with Crippen LogP contribution in [0.1, 0.15) is 12.5 Å². The first-order chi connectivity index (χ1) is 10.5. The maximum Gasteiger partial charge on any atom is 0.328 e. The van der Waals surface area contributed by atoms with Gasteiger partial charge in [0, 0.05) is 0 Å². The van der Waals surface area contributed by atoms with Crippen LogP contribution in [0.2, 0.25) is 0 Å². The van der Waals surface area contributed by atoms with Crippen molar-refractivity contribution in [3.8, 4) is 0 Å². The molecule has 1 fully saturated rings. The second-order valence-electron chi connectivity index (χ2n) is 4.54. The van der Waals surface area contributed by atoms with Gasteiger partial charge in [0.1, 0.15) is 10.4 Å². The molecule has 1 unspecified atom stereocenters. The van der Waals surface area contributed by atoms with Crippen molar-refractivity contribution < 1.29 is 14.3 Å². The van der Waals surface area contributed by atoms with Gasteiger partial charge in [0.15, 0.2) is 0 Å². The molecule has 1 aromatic carbocycles. The zero-order valence-electron chi connectivity index (χ0n) is 12.2. The van der Waals surface area contributed by atoms with Crippen molar-refractivity contribution in [1.82, 2.24) is 4.90 Å². The van der Waals surface area contributed by atoms with Crippen molar-refractivity contribution in [1.29, 1.82) is 0 Å². The summed E-state index contributed by atoms with van der Waals surface area (Å²) in [7, 11) is 1.29. The number of hydrogen-bond donors (Lipinski definition) is 0. The van der Waals surface area contributed by atoms with E-state index in [0.717, 1.165) is 5.56 Å². The van der Waals surface area contributed by atoms with E-state index >= 15 is 0 Å². The summed E-state index contributed by atoms with van der Waals surface area (Å²) < 4.78 is 5.02. The van der Waals surface area contributed by atoms with Crippen molar-refractivity contribution in [2.24, 2.45) is 0 Å². The number of nitrogens with zero attached hydrogens (tertiary/aromatic N) is 1. The van der Waals surface area contributed by atoms with Gasteiger partial charge in [-0.15, -0.1) is 0 Å². The lowest BCUT2D eigenvalue weighted by Gasteiger charge is -2.20. The summed E-state index contributed by atoms with van der Waals surface area (Å²) in [6.07, 6.45) is 5.40. The molecule has 0 spiro atoms. The van der Waals surface area contributed by atoms with Crippen LogP contribution in [0.5, 0.6) is 0 Å². The molecule has 1 saturated heterocycles. The Morgan fingerprint density at radius 1 is 1.36 bits per heavy atom. The molecule has 1 atom stereocenters. The van der Waals surface area contributed by atoms with Gasteiger partial charge in [-0.05, 0) is 18.6 Å². The Hall–Kier alpha value is -1.92. The number of amides is 1. The van der Waals surface area contributed by atoms with E-state index in [1.165, 1.54) is 23.8 Å². The third-order valence-corrected chi connectivity index (χ3v) is 4.44. The van der Waals surface area contributed by atoms with Gasteiger partial charge in [-0.1, -0.05) is 66.5 Å². The number of carbonyl (C=O) groups excluding carboxylic acids is 2. The van der Waals surface area contributed by atoms with Crippen LogP contribution in [-0.4, -0.2) is 34.2 Å². The highest BCUT2D eigenvalue weighted by molar-refractivity contribution is 8.26. The summed E-state index contributed by atoms with van der Waals surface area (Å²) in [5.74, 6) is -0.761. The molecular weight excluding hydrogens is 318 g/mol. The van der Waals surface area contributed by atoms with Crippen LogP contribution in [0.25, 0.3) is 6.08 Å². The van der Waals surface area contributed by atoms with Crippen LogP contribution in [0, 0.1) is 0 Å². The third kappa shape index (κ3) is 3.64. The quantitative estimate of drug-likeness (QED) is 0.481. The number of thiocarbonyl (C=S) groups is 1. The first-order valence-electron chi connectivity index (χ1n) is 6.61. The number of carbonyl (C=O) groups is 2. The molecule has 0 saturated carbocycles. The summed E-state index contributed by atoms with van der Waals surface area (Å²) in [5, 5.41) is 0. The Bertz CT molecular complexity index is 653. The molecule has 114 valence electrons. The lowest BCUT2D eigenvalue weighted by atomic mass is 10.2. The van der Waals surface area contributed by atoms with Crippen molar-refractivity contribution >= 4 is 46.3 Å². The standard InChI is InChI=1S/C16H15NO3S2/c1-11(15(19)20-2)17-14(18)13(22-16(17)21)10-6-9-12-7-4-3-5-8-12/h3-11H,1-2H3. The van der Waals surface area contributed by atoms with E-state index in [9.17, 15) is 9.59 Å². The molecule has 0 aliphatic carbocycles. The first kappa shape index (κ1) is 16.5. The zero-order valence-corrected chi connectivity index (χ0v) is 13.8. The second-order valence-corrected chi connectivity index (χ2v) is 6.22. The lowest BCUT2D eigenvalue weighted by molar-refractivity contribution is -0.147. The Labute approximate surface area is 138 Å². The molecule has 1 aromatic rings. The Morgan fingerprint density at radius 2 is 2.05 bits per heavy atom. The van der Waals surface area contributed by atoms with Crippen LogP contribution in [-0.2, 0) is 14.3 Å². The van der Waals surface area contributed by atoms with Gasteiger partial charge < -0.3 is 4.74 Å². The molecule has 1 aliphatic rings. The molecule has 0 bridgehead atoms. The largest absolute Gasteiger partial charge is 0.467 e. The van der Waals surface area contributed by atoms with E-state index in [2.05, 4.69) is 4.74 Å². The summed E-state index contributed by atoms with van der Waals surface area (Å²) in [4.78, 5) is 25.7. The molecule has 22 heavy (non-hydrogen) atoms. The SMILES string of the molecule is COC(=O)C(C)N1C(=O)C(=CC=Cc2ccccc2)SC1=S. The maximum absolute atomic E-state index is 12.3. The number of esters is 1. The van der Waals surface area contributed by atoms with Gasteiger partial charge in [0.05, 0.1) is 12.0 Å². The summed E-state index contributed by atoms with van der Waals surface area (Å²) in [6.45, 7) is 1.60. The number of ether oxygens (including phenoxy) is 1. The highest BCUT2D eigenvalue weighted by Gasteiger charge is 2.38. The van der Waals surface area contributed by atoms with Crippen LogP contribution in [0.15, 0.2) is 47.4 Å². The highest BCUT2D eigenvalue weighted by atomic mass is 32.2. The van der Waals surface area contributed by atoms with Gasteiger partial charge >= 0.3 is 5.97 Å². The van der Waals surface area contributed by atoms with Crippen molar-refractivity contribution in [2.75, 3.05) is 7.11 Å². The monoisotopic (exact) mass is 333 g/mol. The predicted octanol–water partition coefficient (Wildman–Crippen LogP) is 3.01. The minimum atomic E-state index is -0.721. The smallest absolute Gasteiger partial charge is 0.328 e. The molecule has 1 aliphatic heterocycles. The Morgan fingerprint density at radius 3 is 2.68 bits per heavy atom. The zero-order chi connectivity index (χ0) is 16.1. The third-order valence-electron chi connectivity index (χ3n) is 3.09. The number of thioether (sulfide) groups is 1. The van der Waals surface area contributed by atoms with Crippen LogP contribution in [0.3, 0.4) is 0 Å². The van der Waals surface area contributed by atoms with E-state index in [-0.39, 0.29) is 5.91 Å². The molecule has 4 nitrogen and oxygen atoms in total. The minimum absolute atomic E-state index is 0.273. The number of allylic oxidation sites excluding steroid dienone is 2. The predicted molar refractivity (Wildman–Crippen MR) is 92.1 cm³/mol. The number of methoxy groups -OCH3 is 1. The van der Waals surface area contributed by atoms with E-state index < -0.39 is 12.0 Å². The fourth-order valence-electron chi connectivity index (χ4n) is 1.91. The van der Waals surface area contributed by atoms with Crippen LogP contribution >= 0.6 is 24.0 Å². The fraction of sp³-hybridized carbons (Fsp3) is 0.188. The number of benzene rings is 1. The number of rotatable bonds is 4. The molecule has 2 rings (SSSR count). The molecule has 0 aromatic heterocycles. The maximum atomic E-state index is 12.3. The van der Waals surface area contributed by atoms with E-state index in [0.29, 0.717) is 9.23 Å². The molecule has 6 heteroatoms. The van der Waals surface area contributed by atoms with Crippen LogP contribution in [0.4, 0.5) is 0 Å². The fourth-order valence-corrected chi connectivity index (χ4v) is 3.28. The summed E-state index contributed by atoms with van der Waals surface area (Å²) >= 11 is 6.36. The molecular formula is C16H15NO3S2. The van der Waals surface area contributed by atoms with E-state index in [1.54, 1.807) is 19.1 Å². The van der Waals surface area contributed by atoms with Crippen LogP contribution < -0.4 is 0 Å². The molecule has 0 N–H and O–H groups in total. The van der Waals surface area contributed by atoms with Crippen molar-refractivity contribution in [3.63, 3.8) is 0 Å². The topological polar surface area (TPSA) is 46.6 Å². The van der Waals surface area contributed by atoms with E-state index in [4.69, 9.17) is 12.2 Å². The van der Waals surface area contributed by atoms with Gasteiger partial charge in [-0.2, -0.15) is 0 Å². The number of hydrogen-bond acceptors (Lipinski definition) is 5. The van der Waals surface area contributed by atoms with Gasteiger partial charge in [0.25, 0.3) is 5.91 Å². The highest BCUT2D eigenvalue weighted by Crippen LogP contribution is 2.32. The molecule has 1 amide bonds. The molecule has 0 radical (unpaired) electrons. The second kappa shape index (κ2) is 7.38. The van der Waals surface area contributed by atoms with Gasteiger partial charge in [-0.3, -0.25) is 9.69 Å². The molecule has 1 heterocycles. The Kier molecular flexibility index (Phi) is 5.51. The first-order valence-corrected chi connectivity index (χ1v) is 7.83. The van der Waals surface area contributed by atoms with Gasteiger partial charge in [-0.25, -0.2) is 4.79 Å². The summed E-state index contributed by atoms with van der Waals surface area (Å²) in [5.41, 5.74) is 1.04. The van der Waals surface area contributed by atoms with Crippen molar-refractivity contribution in [3.05, 3.63) is 53.0 Å². The van der Waals surface area contributed by atoms with Crippen molar-refractivity contribution in [2.45, 2.75) is 13.0 Å². The Balaban J connectivity index is 2.12. The average Bonchev–Trinajstić information content (AvgIpc) is 2.81. The lowest BCUT2D eigenvalue weighted by Crippen LogP contribution is -2.42. The normalized spacial score (nSPS) is 18.3. The van der Waals surface area contributed by atoms with E-state index in [1.807, 2.05) is 36.4 Å². The minimum Gasteiger partial charge on any atom is -0.467 e. The van der Waals surface area contributed by atoms with Gasteiger partial charge in [0.2, 0.25) is 0 Å². The summed E-state index contributed by atoms with van der Waals surface area (Å²) in [6, 6.07) is 9.04. The average molecular weight is 333 g/mol.